The summed E-state index contributed by atoms with van der Waals surface area (Å²) in [7, 11) is 0. The van der Waals surface area contributed by atoms with E-state index in [1.807, 2.05) is 0 Å². The van der Waals surface area contributed by atoms with E-state index >= 15 is 0 Å². The molecule has 1 rings (SSSR count). The number of anilines is 1. The van der Waals surface area contributed by atoms with Crippen molar-refractivity contribution in [2.24, 2.45) is 0 Å². The molecule has 7 heteroatoms. The second-order valence-corrected chi connectivity index (χ2v) is 4.40. The summed E-state index contributed by atoms with van der Waals surface area (Å²) in [4.78, 5) is 20.9. The van der Waals surface area contributed by atoms with Gasteiger partial charge in [-0.1, -0.05) is 26.2 Å². The smallest absolute Gasteiger partial charge is 0.338 e. The zero-order chi connectivity index (χ0) is 15.1. The highest BCUT2D eigenvalue weighted by atomic mass is 19.1. The van der Waals surface area contributed by atoms with E-state index in [0.717, 1.165) is 31.7 Å². The molecule has 0 bridgehead atoms. The van der Waals surface area contributed by atoms with E-state index in [-0.39, 0.29) is 5.69 Å². The standard InChI is InChI=1S/C13H17FN2O4/c1-2-3-4-5-6-15-11-7-9(13(17)18)10(14)8-12(11)16(19)20/h7-8,15H,2-6H2,1H3,(H,17,18). The predicted molar refractivity (Wildman–Crippen MR) is 72.6 cm³/mol. The van der Waals surface area contributed by atoms with Crippen LogP contribution in [-0.4, -0.2) is 22.5 Å². The lowest BCUT2D eigenvalue weighted by Gasteiger charge is -2.08. The summed E-state index contributed by atoms with van der Waals surface area (Å²) >= 11 is 0. The van der Waals surface area contributed by atoms with Crippen LogP contribution in [0.2, 0.25) is 0 Å². The third-order valence-electron chi connectivity index (χ3n) is 2.86. The maximum atomic E-state index is 13.4. The van der Waals surface area contributed by atoms with Gasteiger partial charge in [-0.25, -0.2) is 9.18 Å². The molecule has 6 nitrogen and oxygen atoms in total. The number of nitrogens with one attached hydrogen (secondary N) is 1. The molecule has 0 aliphatic carbocycles. The average molecular weight is 284 g/mol. The van der Waals surface area contributed by atoms with Crippen molar-refractivity contribution in [3.8, 4) is 0 Å². The minimum Gasteiger partial charge on any atom is -0.478 e. The molecule has 20 heavy (non-hydrogen) atoms. The first-order valence-corrected chi connectivity index (χ1v) is 6.42. The van der Waals surface area contributed by atoms with Gasteiger partial charge in [0.2, 0.25) is 0 Å². The van der Waals surface area contributed by atoms with Crippen LogP contribution in [0.25, 0.3) is 0 Å². The van der Waals surface area contributed by atoms with Gasteiger partial charge >= 0.3 is 5.97 Å². The van der Waals surface area contributed by atoms with Crippen molar-refractivity contribution in [2.45, 2.75) is 32.6 Å². The quantitative estimate of drug-likeness (QED) is 0.433. The number of carbonyl (C=O) groups is 1. The minimum atomic E-state index is -1.45. The number of hydrogen-bond acceptors (Lipinski definition) is 4. The number of halogens is 1. The Bertz CT molecular complexity index is 505. The SMILES string of the molecule is CCCCCCNc1cc(C(=O)O)c(F)cc1[N+](=O)[O-]. The van der Waals surface area contributed by atoms with Gasteiger partial charge < -0.3 is 10.4 Å². The summed E-state index contributed by atoms with van der Waals surface area (Å²) in [5.41, 5.74) is -1.00. The summed E-state index contributed by atoms with van der Waals surface area (Å²) in [5, 5.41) is 22.5. The third-order valence-corrected chi connectivity index (χ3v) is 2.86. The third kappa shape index (κ3) is 4.18. The van der Waals surface area contributed by atoms with Crippen LogP contribution in [0.15, 0.2) is 12.1 Å². The zero-order valence-electron chi connectivity index (χ0n) is 11.2. The lowest BCUT2D eigenvalue weighted by molar-refractivity contribution is -0.384. The van der Waals surface area contributed by atoms with Gasteiger partial charge in [0, 0.05) is 6.54 Å². The maximum Gasteiger partial charge on any atom is 0.338 e. The van der Waals surface area contributed by atoms with Crippen LogP contribution in [0.4, 0.5) is 15.8 Å². The largest absolute Gasteiger partial charge is 0.478 e. The average Bonchev–Trinajstić information content (AvgIpc) is 2.39. The molecule has 1 aromatic carbocycles. The number of hydrogen-bond donors (Lipinski definition) is 2. The molecule has 0 aliphatic rings. The highest BCUT2D eigenvalue weighted by Gasteiger charge is 2.21. The molecule has 0 heterocycles. The van der Waals surface area contributed by atoms with Crippen LogP contribution < -0.4 is 5.32 Å². The molecule has 0 aromatic heterocycles. The number of benzene rings is 1. The number of carboxylic acids is 1. The summed E-state index contributed by atoms with van der Waals surface area (Å²) in [5.74, 6) is -2.56. The molecule has 0 fully saturated rings. The molecular formula is C13H17FN2O4. The Balaban J connectivity index is 2.88. The van der Waals surface area contributed by atoms with Gasteiger partial charge in [0.05, 0.1) is 16.6 Å². The van der Waals surface area contributed by atoms with Crippen LogP contribution in [0.5, 0.6) is 0 Å². The van der Waals surface area contributed by atoms with E-state index in [9.17, 15) is 19.3 Å². The number of nitro groups is 1. The van der Waals surface area contributed by atoms with E-state index in [1.165, 1.54) is 0 Å². The van der Waals surface area contributed by atoms with E-state index in [4.69, 9.17) is 5.11 Å². The fraction of sp³-hybridized carbons (Fsp3) is 0.462. The van der Waals surface area contributed by atoms with Crippen molar-refractivity contribution in [3.63, 3.8) is 0 Å². The fourth-order valence-corrected chi connectivity index (χ4v) is 1.79. The topological polar surface area (TPSA) is 92.5 Å². The molecule has 0 unspecified atom stereocenters. The monoisotopic (exact) mass is 284 g/mol. The number of nitrogens with zero attached hydrogens (tertiary/aromatic N) is 1. The highest BCUT2D eigenvalue weighted by molar-refractivity contribution is 5.90. The van der Waals surface area contributed by atoms with Crippen molar-refractivity contribution in [3.05, 3.63) is 33.6 Å². The summed E-state index contributed by atoms with van der Waals surface area (Å²) in [6.45, 7) is 2.54. The Labute approximate surface area is 115 Å². The number of nitro benzene ring substituents is 1. The van der Waals surface area contributed by atoms with Gasteiger partial charge in [0.25, 0.3) is 5.69 Å². The van der Waals surface area contributed by atoms with Crippen LogP contribution in [0.3, 0.4) is 0 Å². The number of aromatic carboxylic acids is 1. The Kier molecular flexibility index (Phi) is 5.89. The first-order chi connectivity index (χ1) is 9.47. The maximum absolute atomic E-state index is 13.4. The first-order valence-electron chi connectivity index (χ1n) is 6.42. The molecule has 0 saturated carbocycles. The Morgan fingerprint density at radius 3 is 2.65 bits per heavy atom. The number of rotatable bonds is 8. The zero-order valence-corrected chi connectivity index (χ0v) is 11.2. The predicted octanol–water partition coefficient (Wildman–Crippen LogP) is 3.42. The Hall–Kier alpha value is -2.18. The van der Waals surface area contributed by atoms with E-state index in [1.54, 1.807) is 0 Å². The Morgan fingerprint density at radius 1 is 1.40 bits per heavy atom. The molecule has 0 aliphatic heterocycles. The van der Waals surface area contributed by atoms with E-state index in [0.29, 0.717) is 12.6 Å². The molecule has 110 valence electrons. The fourth-order valence-electron chi connectivity index (χ4n) is 1.79. The molecule has 0 saturated heterocycles. The van der Waals surface area contributed by atoms with Crippen LogP contribution in [0, 0.1) is 15.9 Å². The lowest BCUT2D eigenvalue weighted by Crippen LogP contribution is -2.08. The van der Waals surface area contributed by atoms with Crippen molar-refractivity contribution in [1.29, 1.82) is 0 Å². The Morgan fingerprint density at radius 2 is 2.10 bits per heavy atom. The normalized spacial score (nSPS) is 10.3. The van der Waals surface area contributed by atoms with Gasteiger partial charge in [0.15, 0.2) is 0 Å². The molecule has 1 aromatic rings. The van der Waals surface area contributed by atoms with Gasteiger partial charge in [-0.3, -0.25) is 10.1 Å². The van der Waals surface area contributed by atoms with E-state index in [2.05, 4.69) is 12.2 Å². The van der Waals surface area contributed by atoms with Gasteiger partial charge in [-0.05, 0) is 12.5 Å². The second kappa shape index (κ2) is 7.42. The van der Waals surface area contributed by atoms with Gasteiger partial charge in [0.1, 0.15) is 11.5 Å². The van der Waals surface area contributed by atoms with Crippen molar-refractivity contribution >= 4 is 17.3 Å². The summed E-state index contributed by atoms with van der Waals surface area (Å²) < 4.78 is 13.4. The second-order valence-electron chi connectivity index (χ2n) is 4.40. The minimum absolute atomic E-state index is 0.0327. The van der Waals surface area contributed by atoms with E-state index < -0.39 is 28.0 Å². The highest BCUT2D eigenvalue weighted by Crippen LogP contribution is 2.28. The van der Waals surface area contributed by atoms with Crippen molar-refractivity contribution < 1.29 is 19.2 Å². The number of carboxylic acid groups (broad SMARTS) is 1. The summed E-state index contributed by atoms with van der Waals surface area (Å²) in [6.07, 6.45) is 3.92. The van der Waals surface area contributed by atoms with Gasteiger partial charge in [-0.15, -0.1) is 0 Å². The van der Waals surface area contributed by atoms with Crippen LogP contribution in [0.1, 0.15) is 43.0 Å². The van der Waals surface area contributed by atoms with Gasteiger partial charge in [-0.2, -0.15) is 0 Å². The number of unbranched alkanes of at least 4 members (excludes halogenated alkanes) is 3. The summed E-state index contributed by atoms with van der Waals surface area (Å²) in [6, 6.07) is 1.60. The molecule has 0 amide bonds. The van der Waals surface area contributed by atoms with Crippen LogP contribution >= 0.6 is 0 Å². The molecule has 2 N–H and O–H groups in total. The van der Waals surface area contributed by atoms with Crippen molar-refractivity contribution in [2.75, 3.05) is 11.9 Å². The first kappa shape index (κ1) is 15.9. The van der Waals surface area contributed by atoms with Crippen molar-refractivity contribution in [1.82, 2.24) is 0 Å². The molecule has 0 radical (unpaired) electrons. The molecule has 0 atom stereocenters. The van der Waals surface area contributed by atoms with Crippen LogP contribution in [-0.2, 0) is 0 Å². The molecular weight excluding hydrogens is 267 g/mol. The molecule has 0 spiro atoms. The lowest BCUT2D eigenvalue weighted by atomic mass is 10.1.